The number of aromatic nitrogens is 2. The van der Waals surface area contributed by atoms with Crippen LogP contribution in [0.5, 0.6) is 11.5 Å². The minimum atomic E-state index is -0.992. The SMILES string of the molecule is CNC1=C(c2nc3ccccc3[nH]2)C(=O)C2(CCCN(C(C)=O)C2)N1c1cc(OC)cc(OC)c1. The predicted molar refractivity (Wildman–Crippen MR) is 133 cm³/mol. The largest absolute Gasteiger partial charge is 0.497 e. The molecule has 0 aliphatic carbocycles. The number of benzene rings is 2. The summed E-state index contributed by atoms with van der Waals surface area (Å²) in [6.45, 7) is 2.44. The van der Waals surface area contributed by atoms with Crippen molar-refractivity contribution in [2.45, 2.75) is 25.3 Å². The lowest BCUT2D eigenvalue weighted by atomic mass is 9.82. The number of anilines is 1. The molecule has 2 aliphatic rings. The number of hydrogen-bond acceptors (Lipinski definition) is 7. The molecular formula is C26H29N5O4. The topological polar surface area (TPSA) is 99.8 Å². The van der Waals surface area contributed by atoms with Gasteiger partial charge in [0.15, 0.2) is 5.78 Å². The molecule has 1 fully saturated rings. The fourth-order valence-corrected chi connectivity index (χ4v) is 5.27. The number of imidazole rings is 1. The van der Waals surface area contributed by atoms with Crippen molar-refractivity contribution in [2.75, 3.05) is 39.3 Å². The molecule has 1 unspecified atom stereocenters. The maximum Gasteiger partial charge on any atom is 0.219 e. The molecule has 9 heteroatoms. The molecule has 0 saturated carbocycles. The first-order chi connectivity index (χ1) is 16.9. The number of rotatable bonds is 5. The van der Waals surface area contributed by atoms with Gasteiger partial charge in [-0.3, -0.25) is 9.59 Å². The van der Waals surface area contributed by atoms with Gasteiger partial charge < -0.3 is 29.6 Å². The van der Waals surface area contributed by atoms with E-state index in [0.29, 0.717) is 48.1 Å². The number of aromatic amines is 1. The van der Waals surface area contributed by atoms with Crippen LogP contribution >= 0.6 is 0 Å². The molecule has 2 aromatic carbocycles. The summed E-state index contributed by atoms with van der Waals surface area (Å²) < 4.78 is 11.1. The number of nitrogens with one attached hydrogen (secondary N) is 2. The molecule has 1 spiro atoms. The number of amides is 1. The number of carbonyl (C=O) groups excluding carboxylic acids is 2. The Bertz CT molecular complexity index is 1290. The predicted octanol–water partition coefficient (Wildman–Crippen LogP) is 2.94. The zero-order valence-electron chi connectivity index (χ0n) is 20.3. The average molecular weight is 476 g/mol. The number of ether oxygens (including phenoxy) is 2. The molecule has 1 atom stereocenters. The summed E-state index contributed by atoms with van der Waals surface area (Å²) in [7, 11) is 4.98. The Hall–Kier alpha value is -4.01. The highest BCUT2D eigenvalue weighted by Crippen LogP contribution is 2.47. The molecule has 1 saturated heterocycles. The average Bonchev–Trinajstić information content (AvgIpc) is 3.40. The molecule has 2 aliphatic heterocycles. The molecule has 9 nitrogen and oxygen atoms in total. The Labute approximate surface area is 203 Å². The van der Waals surface area contributed by atoms with Crippen LogP contribution in [0.4, 0.5) is 5.69 Å². The van der Waals surface area contributed by atoms with Crippen LogP contribution in [0.2, 0.25) is 0 Å². The number of piperidine rings is 1. The van der Waals surface area contributed by atoms with Crippen LogP contribution in [0, 0.1) is 0 Å². The molecular weight excluding hydrogens is 446 g/mol. The van der Waals surface area contributed by atoms with Crippen LogP contribution in [0.25, 0.3) is 16.6 Å². The number of methoxy groups -OCH3 is 2. The lowest BCUT2D eigenvalue weighted by Gasteiger charge is -2.46. The number of Topliss-reactive ketones (excluding diaryl/α,β-unsaturated/α-hetero) is 1. The second kappa shape index (κ2) is 8.65. The lowest BCUT2D eigenvalue weighted by molar-refractivity contribution is -0.132. The molecule has 2 N–H and O–H groups in total. The van der Waals surface area contributed by atoms with E-state index >= 15 is 0 Å². The standard InChI is InChI=1S/C26H29N5O4/c1-16(32)30-11-7-10-26(15-30)23(33)22(24-28-20-8-5-6-9-21(20)29-24)25(27-2)31(26)17-12-18(34-3)14-19(13-17)35-4/h5-6,8-9,12-14,27H,7,10-11,15H2,1-4H3,(H,28,29). The quantitative estimate of drug-likeness (QED) is 0.585. The van der Waals surface area contributed by atoms with E-state index in [9.17, 15) is 9.59 Å². The van der Waals surface area contributed by atoms with Gasteiger partial charge in [-0.15, -0.1) is 0 Å². The first-order valence-corrected chi connectivity index (χ1v) is 11.6. The molecule has 35 heavy (non-hydrogen) atoms. The van der Waals surface area contributed by atoms with E-state index in [1.807, 2.05) is 41.3 Å². The molecule has 5 rings (SSSR count). The number of hydrogen-bond donors (Lipinski definition) is 2. The fraction of sp³-hybridized carbons (Fsp3) is 0.346. The highest BCUT2D eigenvalue weighted by atomic mass is 16.5. The third kappa shape index (κ3) is 3.58. The van der Waals surface area contributed by atoms with Gasteiger partial charge in [-0.2, -0.15) is 0 Å². The molecule has 3 heterocycles. The Morgan fingerprint density at radius 2 is 1.86 bits per heavy atom. The van der Waals surface area contributed by atoms with Crippen molar-refractivity contribution in [1.29, 1.82) is 0 Å². The van der Waals surface area contributed by atoms with Crippen LogP contribution in [-0.2, 0) is 9.59 Å². The summed E-state index contributed by atoms with van der Waals surface area (Å²) in [5.41, 5.74) is 1.84. The number of para-hydroxylation sites is 2. The third-order valence-corrected chi connectivity index (χ3v) is 6.91. The Morgan fingerprint density at radius 1 is 1.14 bits per heavy atom. The molecule has 0 bridgehead atoms. The van der Waals surface area contributed by atoms with Crippen LogP contribution in [-0.4, -0.2) is 66.5 Å². The number of nitrogens with zero attached hydrogens (tertiary/aromatic N) is 3. The van der Waals surface area contributed by atoms with E-state index in [1.54, 1.807) is 39.2 Å². The number of carbonyl (C=O) groups is 2. The highest BCUT2D eigenvalue weighted by molar-refractivity contribution is 6.30. The van der Waals surface area contributed by atoms with Crippen LogP contribution in [0.3, 0.4) is 0 Å². The second-order valence-corrected chi connectivity index (χ2v) is 8.89. The highest BCUT2D eigenvalue weighted by Gasteiger charge is 2.56. The summed E-state index contributed by atoms with van der Waals surface area (Å²) >= 11 is 0. The molecule has 1 aromatic heterocycles. The molecule has 182 valence electrons. The van der Waals surface area contributed by atoms with Crippen molar-refractivity contribution in [1.82, 2.24) is 20.2 Å². The zero-order valence-corrected chi connectivity index (χ0v) is 20.3. The van der Waals surface area contributed by atoms with Gasteiger partial charge in [-0.05, 0) is 25.0 Å². The van der Waals surface area contributed by atoms with E-state index in [2.05, 4.69) is 10.3 Å². The van der Waals surface area contributed by atoms with E-state index in [-0.39, 0.29) is 18.2 Å². The normalized spacial score (nSPS) is 20.2. The monoisotopic (exact) mass is 475 g/mol. The van der Waals surface area contributed by atoms with Gasteiger partial charge in [0, 0.05) is 38.7 Å². The smallest absolute Gasteiger partial charge is 0.219 e. The summed E-state index contributed by atoms with van der Waals surface area (Å²) in [5.74, 6) is 2.20. The van der Waals surface area contributed by atoms with Crippen molar-refractivity contribution in [3.05, 3.63) is 54.1 Å². The lowest BCUT2D eigenvalue weighted by Crippen LogP contribution is -2.61. The van der Waals surface area contributed by atoms with Gasteiger partial charge >= 0.3 is 0 Å². The van der Waals surface area contributed by atoms with Crippen molar-refractivity contribution in [2.24, 2.45) is 0 Å². The second-order valence-electron chi connectivity index (χ2n) is 8.89. The molecule has 3 aromatic rings. The Balaban J connectivity index is 1.75. The van der Waals surface area contributed by atoms with E-state index in [4.69, 9.17) is 14.5 Å². The van der Waals surface area contributed by atoms with Crippen LogP contribution < -0.4 is 19.7 Å². The summed E-state index contributed by atoms with van der Waals surface area (Å²) in [4.78, 5) is 38.6. The van der Waals surface area contributed by atoms with Crippen molar-refractivity contribution in [3.63, 3.8) is 0 Å². The van der Waals surface area contributed by atoms with Crippen molar-refractivity contribution >= 4 is 34.0 Å². The van der Waals surface area contributed by atoms with E-state index in [0.717, 1.165) is 16.7 Å². The molecule has 0 radical (unpaired) electrons. The van der Waals surface area contributed by atoms with E-state index < -0.39 is 5.54 Å². The first kappa shape index (κ1) is 22.8. The van der Waals surface area contributed by atoms with Gasteiger partial charge in [0.2, 0.25) is 5.91 Å². The first-order valence-electron chi connectivity index (χ1n) is 11.6. The van der Waals surface area contributed by atoms with Crippen molar-refractivity contribution in [3.8, 4) is 11.5 Å². The maximum atomic E-state index is 14.4. The summed E-state index contributed by atoms with van der Waals surface area (Å²) in [5, 5.41) is 3.27. The van der Waals surface area contributed by atoms with Gasteiger partial charge in [0.1, 0.15) is 34.3 Å². The summed E-state index contributed by atoms with van der Waals surface area (Å²) in [6.07, 6.45) is 1.29. The van der Waals surface area contributed by atoms with E-state index in [1.165, 1.54) is 0 Å². The zero-order chi connectivity index (χ0) is 24.7. The number of H-pyrrole nitrogens is 1. The number of ketones is 1. The Kier molecular flexibility index (Phi) is 5.62. The van der Waals surface area contributed by atoms with Gasteiger partial charge in [0.25, 0.3) is 0 Å². The van der Waals surface area contributed by atoms with Gasteiger partial charge in [-0.1, -0.05) is 12.1 Å². The maximum absolute atomic E-state index is 14.4. The van der Waals surface area contributed by atoms with Gasteiger partial charge in [0.05, 0.1) is 37.5 Å². The van der Waals surface area contributed by atoms with Gasteiger partial charge in [-0.25, -0.2) is 4.98 Å². The van der Waals surface area contributed by atoms with Crippen LogP contribution in [0.15, 0.2) is 48.3 Å². The minimum absolute atomic E-state index is 0.0526. The minimum Gasteiger partial charge on any atom is -0.497 e. The Morgan fingerprint density at radius 3 is 2.49 bits per heavy atom. The van der Waals surface area contributed by atoms with Crippen LogP contribution in [0.1, 0.15) is 25.6 Å². The van der Waals surface area contributed by atoms with Crippen molar-refractivity contribution < 1.29 is 19.1 Å². The number of fused-ring (bicyclic) bond motifs is 1. The number of likely N-dealkylation sites (tertiary alicyclic amines) is 1. The third-order valence-electron chi connectivity index (χ3n) is 6.91. The summed E-state index contributed by atoms with van der Waals surface area (Å²) in [6, 6.07) is 13.2. The molecule has 1 amide bonds. The fourth-order valence-electron chi connectivity index (χ4n) is 5.27.